The number of urea groups is 1. The van der Waals surface area contributed by atoms with E-state index in [4.69, 9.17) is 4.74 Å². The van der Waals surface area contributed by atoms with Gasteiger partial charge in [-0.25, -0.2) is 13.2 Å². The summed E-state index contributed by atoms with van der Waals surface area (Å²) >= 11 is 0. The molecule has 0 saturated heterocycles. The first-order valence-electron chi connectivity index (χ1n) is 11.6. The Morgan fingerprint density at radius 2 is 2.09 bits per heavy atom. The van der Waals surface area contributed by atoms with Gasteiger partial charge in [-0.2, -0.15) is 4.31 Å². The molecule has 33 heavy (non-hydrogen) atoms. The summed E-state index contributed by atoms with van der Waals surface area (Å²) in [5, 5.41) is 12.6. The van der Waals surface area contributed by atoms with E-state index in [2.05, 4.69) is 17.2 Å². The molecule has 1 aromatic carbocycles. The van der Waals surface area contributed by atoms with Gasteiger partial charge < -0.3 is 20.1 Å². The number of unbranched alkanes of at least 4 members (excludes halogenated alkanes) is 1. The highest BCUT2D eigenvalue weighted by molar-refractivity contribution is 7.89. The van der Waals surface area contributed by atoms with Crippen molar-refractivity contribution in [3.8, 4) is 17.6 Å². The van der Waals surface area contributed by atoms with E-state index < -0.39 is 22.2 Å². The fourth-order valence-corrected chi connectivity index (χ4v) is 5.36. The molecule has 1 aliphatic rings. The highest BCUT2D eigenvalue weighted by atomic mass is 32.2. The number of nitrogens with zero attached hydrogens (tertiary/aromatic N) is 2. The Morgan fingerprint density at radius 3 is 2.73 bits per heavy atom. The smallest absolute Gasteiger partial charge is 0.317 e. The van der Waals surface area contributed by atoms with Crippen LogP contribution in [0.25, 0.3) is 0 Å². The van der Waals surface area contributed by atoms with E-state index in [1.165, 1.54) is 10.4 Å². The van der Waals surface area contributed by atoms with Crippen molar-refractivity contribution >= 4 is 16.1 Å². The lowest BCUT2D eigenvalue weighted by molar-refractivity contribution is 0.0812. The topological polar surface area (TPSA) is 99.2 Å². The van der Waals surface area contributed by atoms with Crippen LogP contribution in [0.4, 0.5) is 4.79 Å². The molecule has 0 aromatic heterocycles. The van der Waals surface area contributed by atoms with Gasteiger partial charge in [0.1, 0.15) is 16.7 Å². The van der Waals surface area contributed by atoms with E-state index in [1.54, 1.807) is 31.0 Å². The van der Waals surface area contributed by atoms with Crippen molar-refractivity contribution in [1.29, 1.82) is 0 Å². The van der Waals surface area contributed by atoms with Crippen LogP contribution in [0.2, 0.25) is 0 Å². The van der Waals surface area contributed by atoms with Crippen LogP contribution >= 0.6 is 0 Å². The maximum absolute atomic E-state index is 13.5. The monoisotopic (exact) mass is 479 g/mol. The van der Waals surface area contributed by atoms with Crippen molar-refractivity contribution in [2.75, 3.05) is 33.3 Å². The first kappa shape index (κ1) is 27.0. The van der Waals surface area contributed by atoms with Crippen LogP contribution in [0, 0.1) is 17.8 Å². The van der Waals surface area contributed by atoms with E-state index in [-0.39, 0.29) is 42.3 Å². The Balaban J connectivity index is 2.48. The third-order valence-corrected chi connectivity index (χ3v) is 7.62. The number of hydrogen-bond acceptors (Lipinski definition) is 5. The number of fused-ring (bicyclic) bond motifs is 1. The first-order valence-corrected chi connectivity index (χ1v) is 13.0. The average Bonchev–Trinajstić information content (AvgIpc) is 2.79. The van der Waals surface area contributed by atoms with Crippen LogP contribution in [-0.2, 0) is 10.0 Å². The molecule has 2 rings (SSSR count). The zero-order chi connectivity index (χ0) is 24.6. The van der Waals surface area contributed by atoms with Gasteiger partial charge in [0.25, 0.3) is 0 Å². The summed E-state index contributed by atoms with van der Waals surface area (Å²) < 4.78 is 34.5. The molecule has 3 atom stereocenters. The van der Waals surface area contributed by atoms with Crippen LogP contribution in [-0.4, -0.2) is 74.2 Å². The Hall–Kier alpha value is -2.28. The zero-order valence-electron chi connectivity index (χ0n) is 20.3. The van der Waals surface area contributed by atoms with Crippen LogP contribution in [0.5, 0.6) is 5.75 Å². The number of carbonyl (C=O) groups excluding carboxylic acids is 1. The molecule has 0 aliphatic carbocycles. The largest absolute Gasteiger partial charge is 0.487 e. The van der Waals surface area contributed by atoms with Crippen molar-refractivity contribution in [1.82, 2.24) is 14.5 Å². The molecular weight excluding hydrogens is 442 g/mol. The minimum atomic E-state index is -3.90. The van der Waals surface area contributed by atoms with Gasteiger partial charge in [0, 0.05) is 44.1 Å². The summed E-state index contributed by atoms with van der Waals surface area (Å²) in [6, 6.07) is 4.04. The van der Waals surface area contributed by atoms with Crippen molar-refractivity contribution in [3.05, 3.63) is 23.8 Å². The predicted molar refractivity (Wildman–Crippen MR) is 129 cm³/mol. The van der Waals surface area contributed by atoms with Crippen molar-refractivity contribution in [2.45, 2.75) is 64.0 Å². The van der Waals surface area contributed by atoms with Crippen molar-refractivity contribution in [3.63, 3.8) is 0 Å². The van der Waals surface area contributed by atoms with Gasteiger partial charge in [0.05, 0.1) is 13.2 Å². The number of ether oxygens (including phenoxy) is 1. The summed E-state index contributed by atoms with van der Waals surface area (Å²) in [5.41, 5.74) is 0.667. The number of aliphatic hydroxyl groups excluding tert-OH is 1. The maximum Gasteiger partial charge on any atom is 0.317 e. The first-order chi connectivity index (χ1) is 15.6. The second kappa shape index (κ2) is 12.3. The molecule has 184 valence electrons. The number of sulfonamides is 1. The molecule has 1 heterocycles. The third-order valence-electron chi connectivity index (χ3n) is 5.60. The van der Waals surface area contributed by atoms with Gasteiger partial charge in [-0.3, -0.25) is 0 Å². The zero-order valence-corrected chi connectivity index (χ0v) is 21.1. The Labute approximate surface area is 198 Å². The number of hydrogen-bond donors (Lipinski definition) is 2. The van der Waals surface area contributed by atoms with E-state index in [9.17, 15) is 18.3 Å². The predicted octanol–water partition coefficient (Wildman–Crippen LogP) is 2.66. The molecular formula is C24H37N3O5S. The van der Waals surface area contributed by atoms with Gasteiger partial charge in [-0.15, -0.1) is 0 Å². The Kier molecular flexibility index (Phi) is 10.0. The lowest BCUT2D eigenvalue weighted by atomic mass is 10.0. The number of likely N-dealkylation sites (N-methyl/N-ethyl adjacent to an activating group) is 1. The van der Waals surface area contributed by atoms with Crippen LogP contribution in [0.15, 0.2) is 23.1 Å². The summed E-state index contributed by atoms with van der Waals surface area (Å²) in [6.07, 6.45) is 2.05. The molecule has 0 unspecified atom stereocenters. The van der Waals surface area contributed by atoms with Crippen molar-refractivity contribution in [2.24, 2.45) is 5.92 Å². The number of carbonyl (C=O) groups is 1. The molecule has 0 spiro atoms. The summed E-state index contributed by atoms with van der Waals surface area (Å²) in [4.78, 5) is 14.0. The number of amides is 2. The van der Waals surface area contributed by atoms with E-state index in [1.807, 2.05) is 20.8 Å². The Morgan fingerprint density at radius 1 is 1.36 bits per heavy atom. The van der Waals surface area contributed by atoms with E-state index >= 15 is 0 Å². The van der Waals surface area contributed by atoms with E-state index in [0.717, 1.165) is 19.3 Å². The number of rotatable bonds is 7. The van der Waals surface area contributed by atoms with E-state index in [0.29, 0.717) is 12.1 Å². The van der Waals surface area contributed by atoms with Gasteiger partial charge in [0.15, 0.2) is 0 Å². The molecule has 0 bridgehead atoms. The van der Waals surface area contributed by atoms with Crippen LogP contribution in [0.3, 0.4) is 0 Å². The van der Waals surface area contributed by atoms with Gasteiger partial charge in [-0.1, -0.05) is 32.6 Å². The second-order valence-electron chi connectivity index (χ2n) is 8.57. The summed E-state index contributed by atoms with van der Waals surface area (Å²) in [7, 11) is -2.21. The molecule has 0 radical (unpaired) electrons. The van der Waals surface area contributed by atoms with Crippen molar-refractivity contribution < 1.29 is 23.1 Å². The maximum atomic E-state index is 13.5. The number of nitrogens with one attached hydrogen (secondary N) is 1. The molecule has 8 nitrogen and oxygen atoms in total. The minimum absolute atomic E-state index is 0.0406. The standard InChI is InChI=1S/C24H37N3O5S/c1-6-8-9-10-20-11-12-23-21(14-20)32-22(16-26(5)24(29)25-13-7-2)18(3)15-27(19(4)17-28)33(23,30)31/h11-12,14,18-19,22,28H,6-8,13,15-17H2,1-5H3,(H,25,29)/t18-,19-,22-/m1/s1. The normalized spacial score (nSPS) is 20.8. The quantitative estimate of drug-likeness (QED) is 0.586. The van der Waals surface area contributed by atoms with Gasteiger partial charge in [0.2, 0.25) is 10.0 Å². The number of benzene rings is 1. The lowest BCUT2D eigenvalue weighted by Gasteiger charge is -2.37. The molecule has 9 heteroatoms. The third kappa shape index (κ3) is 6.85. The molecule has 0 fully saturated rings. The highest BCUT2D eigenvalue weighted by Gasteiger charge is 2.38. The SMILES string of the molecule is CCCC#Cc1ccc2c(c1)O[C@H](CN(C)C(=O)NCCC)[C@H](C)CN([C@H](C)CO)S2(=O)=O. The van der Waals surface area contributed by atoms with Gasteiger partial charge in [-0.05, 0) is 38.0 Å². The lowest BCUT2D eigenvalue weighted by Crippen LogP contribution is -2.51. The molecule has 1 aliphatic heterocycles. The van der Waals surface area contributed by atoms with Gasteiger partial charge >= 0.3 is 6.03 Å². The summed E-state index contributed by atoms with van der Waals surface area (Å²) in [6.45, 7) is 8.32. The Bertz CT molecular complexity index is 970. The fraction of sp³-hybridized carbons (Fsp3) is 0.625. The fourth-order valence-electron chi connectivity index (χ4n) is 3.53. The highest BCUT2D eigenvalue weighted by Crippen LogP contribution is 2.34. The summed E-state index contributed by atoms with van der Waals surface area (Å²) in [5.74, 6) is 6.11. The van der Waals surface area contributed by atoms with Crippen LogP contribution < -0.4 is 10.1 Å². The molecule has 2 amide bonds. The molecule has 0 saturated carbocycles. The molecule has 2 N–H and O–H groups in total. The second-order valence-corrected chi connectivity index (χ2v) is 10.4. The van der Waals surface area contributed by atoms with Crippen LogP contribution in [0.1, 0.15) is 52.5 Å². The average molecular weight is 480 g/mol. The molecule has 1 aromatic rings. The minimum Gasteiger partial charge on any atom is -0.487 e. The number of aliphatic hydroxyl groups is 1.